The molecule has 4 heteroatoms. The fourth-order valence-corrected chi connectivity index (χ4v) is 2.30. The number of hydrogen-bond acceptors (Lipinski definition) is 2. The Hall–Kier alpha value is -1.97. The van der Waals surface area contributed by atoms with Gasteiger partial charge >= 0.3 is 0 Å². The summed E-state index contributed by atoms with van der Waals surface area (Å²) in [5.41, 5.74) is 3.93. The van der Waals surface area contributed by atoms with Crippen LogP contribution in [-0.4, -0.2) is 15.6 Å². The first-order valence-electron chi connectivity index (χ1n) is 6.18. The highest BCUT2D eigenvalue weighted by Crippen LogP contribution is 2.17. The third-order valence-electron chi connectivity index (χ3n) is 3.44. The van der Waals surface area contributed by atoms with Gasteiger partial charge < -0.3 is 0 Å². The molecule has 2 aromatic rings. The van der Waals surface area contributed by atoms with Gasteiger partial charge in [-0.05, 0) is 44.0 Å². The van der Waals surface area contributed by atoms with E-state index in [-0.39, 0.29) is 18.0 Å². The molecule has 0 unspecified atom stereocenters. The second-order valence-electron chi connectivity index (χ2n) is 4.84. The number of rotatable bonds is 3. The average molecular weight is 260 g/mol. The SMILES string of the molecule is Cc1cc(F)ccc1CC(=O)c1c(C)nn(C)c1C. The molecule has 1 heterocycles. The van der Waals surface area contributed by atoms with Crippen molar-refractivity contribution in [3.05, 3.63) is 52.1 Å². The summed E-state index contributed by atoms with van der Waals surface area (Å²) in [5.74, 6) is -0.250. The van der Waals surface area contributed by atoms with Crippen LogP contribution in [0.15, 0.2) is 18.2 Å². The molecule has 1 aromatic heterocycles. The fraction of sp³-hybridized carbons (Fsp3) is 0.333. The van der Waals surface area contributed by atoms with Crippen molar-refractivity contribution < 1.29 is 9.18 Å². The fourth-order valence-electron chi connectivity index (χ4n) is 2.30. The molecule has 0 atom stereocenters. The number of hydrogen-bond donors (Lipinski definition) is 0. The maximum absolute atomic E-state index is 13.0. The zero-order valence-electron chi connectivity index (χ0n) is 11.6. The third-order valence-corrected chi connectivity index (χ3v) is 3.44. The topological polar surface area (TPSA) is 34.9 Å². The summed E-state index contributed by atoms with van der Waals surface area (Å²) in [6, 6.07) is 4.51. The van der Waals surface area contributed by atoms with E-state index in [1.54, 1.807) is 10.7 Å². The van der Waals surface area contributed by atoms with Gasteiger partial charge in [0.1, 0.15) is 5.82 Å². The van der Waals surface area contributed by atoms with Crippen molar-refractivity contribution >= 4 is 5.78 Å². The van der Waals surface area contributed by atoms with Crippen molar-refractivity contribution in [1.82, 2.24) is 9.78 Å². The highest BCUT2D eigenvalue weighted by Gasteiger charge is 2.18. The quantitative estimate of drug-likeness (QED) is 0.795. The first-order valence-corrected chi connectivity index (χ1v) is 6.18. The van der Waals surface area contributed by atoms with E-state index in [0.29, 0.717) is 5.56 Å². The first-order chi connectivity index (χ1) is 8.90. The molecule has 0 aliphatic heterocycles. The molecule has 0 bridgehead atoms. The molecule has 0 N–H and O–H groups in total. The highest BCUT2D eigenvalue weighted by molar-refractivity contribution is 5.99. The van der Waals surface area contributed by atoms with E-state index in [0.717, 1.165) is 22.5 Å². The van der Waals surface area contributed by atoms with Crippen LogP contribution in [0.5, 0.6) is 0 Å². The molecule has 0 saturated heterocycles. The van der Waals surface area contributed by atoms with Gasteiger partial charge in [0.25, 0.3) is 0 Å². The monoisotopic (exact) mass is 260 g/mol. The summed E-state index contributed by atoms with van der Waals surface area (Å²) < 4.78 is 14.7. The zero-order chi connectivity index (χ0) is 14.2. The molecule has 19 heavy (non-hydrogen) atoms. The number of carbonyl (C=O) groups is 1. The highest BCUT2D eigenvalue weighted by atomic mass is 19.1. The summed E-state index contributed by atoms with van der Waals surface area (Å²) >= 11 is 0. The van der Waals surface area contributed by atoms with Gasteiger partial charge in [0.05, 0.1) is 11.3 Å². The Labute approximate surface area is 112 Å². The molecular formula is C15H17FN2O. The summed E-state index contributed by atoms with van der Waals surface area (Å²) in [6.07, 6.45) is 0.277. The van der Waals surface area contributed by atoms with Crippen molar-refractivity contribution in [3.63, 3.8) is 0 Å². The average Bonchev–Trinajstić information content (AvgIpc) is 2.57. The predicted molar refractivity (Wildman–Crippen MR) is 71.9 cm³/mol. The standard InChI is InChI=1S/C15H17FN2O/c1-9-7-13(16)6-5-12(9)8-14(19)15-10(2)17-18(4)11(15)3/h5-7H,8H2,1-4H3. The molecule has 0 radical (unpaired) electrons. The molecule has 0 fully saturated rings. The van der Waals surface area contributed by atoms with Gasteiger partial charge in [-0.1, -0.05) is 6.07 Å². The van der Waals surface area contributed by atoms with Crippen LogP contribution in [0.1, 0.15) is 32.9 Å². The van der Waals surface area contributed by atoms with Crippen molar-refractivity contribution in [2.75, 3.05) is 0 Å². The van der Waals surface area contributed by atoms with Gasteiger partial charge in [0.2, 0.25) is 0 Å². The lowest BCUT2D eigenvalue weighted by Crippen LogP contribution is -2.08. The third kappa shape index (κ3) is 2.57. The Morgan fingerprint density at radius 1 is 1.32 bits per heavy atom. The van der Waals surface area contributed by atoms with Crippen LogP contribution in [0, 0.1) is 26.6 Å². The van der Waals surface area contributed by atoms with Crippen molar-refractivity contribution in [2.24, 2.45) is 7.05 Å². The van der Waals surface area contributed by atoms with Crippen LogP contribution in [0.4, 0.5) is 4.39 Å². The van der Waals surface area contributed by atoms with E-state index in [1.807, 2.05) is 27.8 Å². The largest absolute Gasteiger partial charge is 0.294 e. The molecule has 3 nitrogen and oxygen atoms in total. The minimum atomic E-state index is -0.276. The molecule has 100 valence electrons. The van der Waals surface area contributed by atoms with Crippen LogP contribution in [0.3, 0.4) is 0 Å². The maximum atomic E-state index is 13.0. The number of Topliss-reactive ketones (excluding diaryl/α,β-unsaturated/α-hetero) is 1. The van der Waals surface area contributed by atoms with Crippen molar-refractivity contribution in [3.8, 4) is 0 Å². The molecule has 0 amide bonds. The molecule has 0 aliphatic rings. The minimum absolute atomic E-state index is 0.0257. The normalized spacial score (nSPS) is 10.8. The second kappa shape index (κ2) is 4.96. The molecule has 2 rings (SSSR count). The molecule has 1 aromatic carbocycles. The molecule has 0 saturated carbocycles. The number of benzene rings is 1. The number of carbonyl (C=O) groups excluding carboxylic acids is 1. The predicted octanol–water partition coefficient (Wildman–Crippen LogP) is 2.91. The molecule has 0 spiro atoms. The Morgan fingerprint density at radius 2 is 2.00 bits per heavy atom. The molecule has 0 aliphatic carbocycles. The van der Waals surface area contributed by atoms with E-state index in [9.17, 15) is 9.18 Å². The van der Waals surface area contributed by atoms with Crippen LogP contribution in [0.2, 0.25) is 0 Å². The Morgan fingerprint density at radius 3 is 2.53 bits per heavy atom. The van der Waals surface area contributed by atoms with Gasteiger partial charge in [-0.2, -0.15) is 5.10 Å². The number of halogens is 1. The van der Waals surface area contributed by atoms with E-state index in [1.165, 1.54) is 12.1 Å². The second-order valence-corrected chi connectivity index (χ2v) is 4.84. The lowest BCUT2D eigenvalue weighted by Gasteiger charge is -2.06. The van der Waals surface area contributed by atoms with E-state index in [2.05, 4.69) is 5.10 Å². The lowest BCUT2D eigenvalue weighted by atomic mass is 9.98. The van der Waals surface area contributed by atoms with Gasteiger partial charge in [0, 0.05) is 19.2 Å². The van der Waals surface area contributed by atoms with E-state index in [4.69, 9.17) is 0 Å². The number of ketones is 1. The summed E-state index contributed by atoms with van der Waals surface area (Å²) in [5, 5.41) is 4.25. The van der Waals surface area contributed by atoms with Crippen molar-refractivity contribution in [2.45, 2.75) is 27.2 Å². The first kappa shape index (κ1) is 13.5. The van der Waals surface area contributed by atoms with Crippen LogP contribution >= 0.6 is 0 Å². The van der Waals surface area contributed by atoms with Crippen LogP contribution < -0.4 is 0 Å². The Bertz CT molecular complexity index is 644. The Kier molecular flexibility index (Phi) is 3.51. The Balaban J connectivity index is 2.31. The van der Waals surface area contributed by atoms with Gasteiger partial charge in [-0.15, -0.1) is 0 Å². The number of nitrogens with zero attached hydrogens (tertiary/aromatic N) is 2. The van der Waals surface area contributed by atoms with E-state index < -0.39 is 0 Å². The van der Waals surface area contributed by atoms with E-state index >= 15 is 0 Å². The minimum Gasteiger partial charge on any atom is -0.294 e. The van der Waals surface area contributed by atoms with Gasteiger partial charge in [0.15, 0.2) is 5.78 Å². The maximum Gasteiger partial charge on any atom is 0.170 e. The van der Waals surface area contributed by atoms with Crippen molar-refractivity contribution in [1.29, 1.82) is 0 Å². The summed E-state index contributed by atoms with van der Waals surface area (Å²) in [6.45, 7) is 5.52. The smallest absolute Gasteiger partial charge is 0.170 e. The van der Waals surface area contributed by atoms with Crippen LogP contribution in [0.25, 0.3) is 0 Å². The molecular weight excluding hydrogens is 243 g/mol. The summed E-state index contributed by atoms with van der Waals surface area (Å²) in [4.78, 5) is 12.4. The number of aromatic nitrogens is 2. The lowest BCUT2D eigenvalue weighted by molar-refractivity contribution is 0.0991. The van der Waals surface area contributed by atoms with Gasteiger partial charge in [-0.3, -0.25) is 9.48 Å². The summed E-state index contributed by atoms with van der Waals surface area (Å²) in [7, 11) is 1.82. The van der Waals surface area contributed by atoms with Crippen LogP contribution in [-0.2, 0) is 13.5 Å². The number of aryl methyl sites for hydroxylation is 3. The van der Waals surface area contributed by atoms with Gasteiger partial charge in [-0.25, -0.2) is 4.39 Å². The zero-order valence-corrected chi connectivity index (χ0v) is 11.6.